The first-order valence-electron chi connectivity index (χ1n) is 15.2. The number of thioether (sulfide) groups is 1. The molecule has 7 nitrogen and oxygen atoms in total. The topological polar surface area (TPSA) is 100 Å². The Balaban J connectivity index is 1.21. The molecule has 1 aromatic heterocycles. The highest BCUT2D eigenvalue weighted by Crippen LogP contribution is 2.38. The molecule has 0 aliphatic carbocycles. The molecule has 1 heterocycles. The molecule has 3 amide bonds. The number of carbonyl (C=O) groups is 3. The lowest BCUT2D eigenvalue weighted by Gasteiger charge is -2.17. The van der Waals surface area contributed by atoms with E-state index in [2.05, 4.69) is 36.9 Å². The number of nitrogens with zero attached hydrogens (tertiary/aromatic N) is 1. The molecule has 0 aliphatic rings. The molecular formula is C39H29BrN4O3S2. The third-order valence-electron chi connectivity index (χ3n) is 7.20. The van der Waals surface area contributed by atoms with Crippen molar-refractivity contribution in [2.75, 3.05) is 10.6 Å². The molecule has 1 unspecified atom stereocenters. The van der Waals surface area contributed by atoms with Crippen LogP contribution in [0.5, 0.6) is 0 Å². The second kappa shape index (κ2) is 16.2. The number of thiazole rings is 1. The Morgan fingerprint density at radius 1 is 0.755 bits per heavy atom. The van der Waals surface area contributed by atoms with Gasteiger partial charge in [-0.1, -0.05) is 113 Å². The number of carbonyl (C=O) groups excluding carboxylic acids is 3. The van der Waals surface area contributed by atoms with Gasteiger partial charge in [0.15, 0.2) is 5.13 Å². The maximum absolute atomic E-state index is 13.7. The van der Waals surface area contributed by atoms with Gasteiger partial charge in [0.2, 0.25) is 5.91 Å². The summed E-state index contributed by atoms with van der Waals surface area (Å²) < 4.78 is 0.893. The fourth-order valence-electron chi connectivity index (χ4n) is 4.79. The maximum atomic E-state index is 13.7. The standard InChI is InChI=1S/C39H29BrN4O3S2/c40-30-21-19-26(20-22-30)23-33(42-36(45)29-15-8-3-9-16-29)37(46)41-31-17-10-18-32(24-31)49-35(28-13-6-2-7-14-28)38(47)44-39-43-34(25-48-39)27-11-4-1-5-12-27/h1-25,35H,(H,41,46)(H,42,45)(H,43,44,47)/b33-23-. The molecule has 242 valence electrons. The van der Waals surface area contributed by atoms with Crippen LogP contribution in [0.15, 0.2) is 160 Å². The van der Waals surface area contributed by atoms with E-state index in [1.54, 1.807) is 42.5 Å². The zero-order valence-corrected chi connectivity index (χ0v) is 29.1. The van der Waals surface area contributed by atoms with Crippen molar-refractivity contribution in [1.82, 2.24) is 10.3 Å². The highest BCUT2D eigenvalue weighted by atomic mass is 79.9. The van der Waals surface area contributed by atoms with Crippen molar-refractivity contribution in [3.05, 3.63) is 172 Å². The Bertz CT molecular complexity index is 2090. The van der Waals surface area contributed by atoms with Crippen molar-refractivity contribution < 1.29 is 14.4 Å². The summed E-state index contributed by atoms with van der Waals surface area (Å²) >= 11 is 6.16. The summed E-state index contributed by atoms with van der Waals surface area (Å²) in [6.45, 7) is 0. The molecule has 0 aliphatic heterocycles. The molecule has 3 N–H and O–H groups in total. The van der Waals surface area contributed by atoms with E-state index in [-0.39, 0.29) is 11.6 Å². The van der Waals surface area contributed by atoms with Crippen molar-refractivity contribution >= 4 is 73.6 Å². The zero-order valence-electron chi connectivity index (χ0n) is 25.9. The number of amides is 3. The monoisotopic (exact) mass is 744 g/mol. The van der Waals surface area contributed by atoms with Crippen molar-refractivity contribution in [1.29, 1.82) is 0 Å². The highest BCUT2D eigenvalue weighted by Gasteiger charge is 2.24. The van der Waals surface area contributed by atoms with Gasteiger partial charge in [-0.05, 0) is 59.7 Å². The Morgan fingerprint density at radius 2 is 1.43 bits per heavy atom. The van der Waals surface area contributed by atoms with Gasteiger partial charge in [0.05, 0.1) is 5.69 Å². The van der Waals surface area contributed by atoms with Crippen LogP contribution < -0.4 is 16.0 Å². The molecule has 0 saturated carbocycles. The van der Waals surface area contributed by atoms with Crippen LogP contribution in [0.3, 0.4) is 0 Å². The van der Waals surface area contributed by atoms with Crippen molar-refractivity contribution in [3.63, 3.8) is 0 Å². The molecule has 49 heavy (non-hydrogen) atoms. The van der Waals surface area contributed by atoms with E-state index >= 15 is 0 Å². The minimum absolute atomic E-state index is 0.0779. The van der Waals surface area contributed by atoms with Crippen LogP contribution in [0.2, 0.25) is 0 Å². The third kappa shape index (κ3) is 9.20. The first-order chi connectivity index (χ1) is 23.9. The molecule has 1 atom stereocenters. The Kier molecular flexibility index (Phi) is 11.1. The van der Waals surface area contributed by atoms with Gasteiger partial charge in [0.25, 0.3) is 11.8 Å². The second-order valence-corrected chi connectivity index (χ2v) is 13.7. The van der Waals surface area contributed by atoms with Gasteiger partial charge in [-0.3, -0.25) is 14.4 Å². The highest BCUT2D eigenvalue weighted by molar-refractivity contribution is 9.10. The lowest BCUT2D eigenvalue weighted by Crippen LogP contribution is -2.30. The lowest BCUT2D eigenvalue weighted by atomic mass is 10.1. The second-order valence-electron chi connectivity index (χ2n) is 10.7. The number of hydrogen-bond donors (Lipinski definition) is 3. The number of halogens is 1. The zero-order chi connectivity index (χ0) is 34.0. The maximum Gasteiger partial charge on any atom is 0.272 e. The van der Waals surface area contributed by atoms with Gasteiger partial charge in [-0.2, -0.15) is 0 Å². The molecule has 0 radical (unpaired) electrons. The third-order valence-corrected chi connectivity index (χ3v) is 9.73. The molecule has 0 spiro atoms. The minimum Gasteiger partial charge on any atom is -0.321 e. The number of aromatic nitrogens is 1. The fraction of sp³-hybridized carbons (Fsp3) is 0.0256. The van der Waals surface area contributed by atoms with E-state index < -0.39 is 17.1 Å². The fourth-order valence-corrected chi connectivity index (χ4v) is 6.86. The first-order valence-corrected chi connectivity index (χ1v) is 17.7. The molecule has 10 heteroatoms. The molecule has 0 fully saturated rings. The van der Waals surface area contributed by atoms with Crippen molar-refractivity contribution in [2.45, 2.75) is 10.1 Å². The molecule has 6 rings (SSSR count). The molecule has 0 saturated heterocycles. The van der Waals surface area contributed by atoms with Crippen LogP contribution in [-0.4, -0.2) is 22.7 Å². The number of anilines is 2. The quantitative estimate of drug-likeness (QED) is 0.0907. The number of benzene rings is 5. The number of hydrogen-bond acceptors (Lipinski definition) is 6. The van der Waals surface area contributed by atoms with Crippen LogP contribution in [0.1, 0.15) is 26.7 Å². The van der Waals surface area contributed by atoms with Crippen molar-refractivity contribution in [3.8, 4) is 11.3 Å². The largest absolute Gasteiger partial charge is 0.321 e. The van der Waals surface area contributed by atoms with E-state index in [1.807, 2.05) is 109 Å². The summed E-state index contributed by atoms with van der Waals surface area (Å²) in [5, 5.41) is 10.5. The summed E-state index contributed by atoms with van der Waals surface area (Å²) in [4.78, 5) is 45.8. The molecule has 0 bridgehead atoms. The summed E-state index contributed by atoms with van der Waals surface area (Å²) in [7, 11) is 0. The van der Waals surface area contributed by atoms with Gasteiger partial charge in [0, 0.05) is 31.6 Å². The van der Waals surface area contributed by atoms with Gasteiger partial charge in [-0.15, -0.1) is 23.1 Å². The summed E-state index contributed by atoms with van der Waals surface area (Å²) in [5.41, 5.74) is 4.33. The summed E-state index contributed by atoms with van der Waals surface area (Å²) in [5.74, 6) is -1.12. The Morgan fingerprint density at radius 3 is 2.14 bits per heavy atom. The van der Waals surface area contributed by atoms with E-state index in [0.717, 1.165) is 31.8 Å². The lowest BCUT2D eigenvalue weighted by molar-refractivity contribution is -0.116. The van der Waals surface area contributed by atoms with Crippen LogP contribution in [-0.2, 0) is 9.59 Å². The van der Waals surface area contributed by atoms with Crippen LogP contribution in [0.25, 0.3) is 17.3 Å². The SMILES string of the molecule is O=C(Nc1cccc(SC(C(=O)Nc2nc(-c3ccccc3)cs2)c2ccccc2)c1)/C(=C/c1ccc(Br)cc1)NC(=O)c1ccccc1. The van der Waals surface area contributed by atoms with Crippen LogP contribution >= 0.6 is 39.0 Å². The van der Waals surface area contributed by atoms with E-state index in [0.29, 0.717) is 16.4 Å². The van der Waals surface area contributed by atoms with Gasteiger partial charge >= 0.3 is 0 Å². The Labute approximate surface area is 300 Å². The summed E-state index contributed by atoms with van der Waals surface area (Å²) in [6, 6.07) is 42.7. The smallest absolute Gasteiger partial charge is 0.272 e. The van der Waals surface area contributed by atoms with E-state index in [4.69, 9.17) is 0 Å². The molecule has 6 aromatic rings. The molecule has 5 aromatic carbocycles. The van der Waals surface area contributed by atoms with Crippen LogP contribution in [0, 0.1) is 0 Å². The number of nitrogens with one attached hydrogen (secondary N) is 3. The first kappa shape index (κ1) is 33.6. The van der Waals surface area contributed by atoms with E-state index in [1.165, 1.54) is 23.1 Å². The van der Waals surface area contributed by atoms with Gasteiger partial charge in [-0.25, -0.2) is 4.98 Å². The van der Waals surface area contributed by atoms with Crippen molar-refractivity contribution in [2.24, 2.45) is 0 Å². The average molecular weight is 746 g/mol. The minimum atomic E-state index is -0.603. The predicted octanol–water partition coefficient (Wildman–Crippen LogP) is 9.45. The van der Waals surface area contributed by atoms with E-state index in [9.17, 15) is 14.4 Å². The number of rotatable bonds is 11. The van der Waals surface area contributed by atoms with Gasteiger partial charge < -0.3 is 16.0 Å². The average Bonchev–Trinajstić information content (AvgIpc) is 3.61. The van der Waals surface area contributed by atoms with Crippen LogP contribution in [0.4, 0.5) is 10.8 Å². The van der Waals surface area contributed by atoms with Gasteiger partial charge in [0.1, 0.15) is 10.9 Å². The summed E-state index contributed by atoms with van der Waals surface area (Å²) in [6.07, 6.45) is 1.62. The predicted molar refractivity (Wildman–Crippen MR) is 202 cm³/mol. The normalized spacial score (nSPS) is 11.7. The Hall–Kier alpha value is -5.29. The molecular weight excluding hydrogens is 716 g/mol.